The largest absolute Gasteiger partial charge is 0.482 e. The predicted octanol–water partition coefficient (Wildman–Crippen LogP) is 1.68. The first-order valence-corrected chi connectivity index (χ1v) is 4.11. The van der Waals surface area contributed by atoms with Crippen LogP contribution in [0.15, 0.2) is 24.3 Å². The predicted molar refractivity (Wildman–Crippen MR) is 52.7 cm³/mol. The lowest BCUT2D eigenvalue weighted by atomic mass is 10.2. The summed E-state index contributed by atoms with van der Waals surface area (Å²) in [6, 6.07) is 7.07. The summed E-state index contributed by atoms with van der Waals surface area (Å²) in [6.45, 7) is 5.22. The highest BCUT2D eigenvalue weighted by atomic mass is 16.6. The average molecular weight is 191 g/mol. The first-order chi connectivity index (χ1) is 6.76. The van der Waals surface area contributed by atoms with Crippen LogP contribution < -0.4 is 4.74 Å². The van der Waals surface area contributed by atoms with E-state index < -0.39 is 5.97 Å². The fourth-order valence-corrected chi connectivity index (χ4v) is 0.876. The summed E-state index contributed by atoms with van der Waals surface area (Å²) in [4.78, 5) is 10.7. The Labute approximate surface area is 83.0 Å². The minimum absolute atomic E-state index is 0.0812. The second-order valence-corrected chi connectivity index (χ2v) is 2.60. The van der Waals surface area contributed by atoms with Crippen LogP contribution in [0.2, 0.25) is 0 Å². The summed E-state index contributed by atoms with van der Waals surface area (Å²) in [7, 11) is 1.32. The van der Waals surface area contributed by atoms with Gasteiger partial charge in [0.2, 0.25) is 0 Å². The molecule has 1 aromatic carbocycles. The molecule has 0 aliphatic carbocycles. The summed E-state index contributed by atoms with van der Waals surface area (Å²) in [6.07, 6.45) is 1.49. The van der Waals surface area contributed by atoms with Gasteiger partial charge < -0.3 is 9.47 Å². The molecule has 0 amide bonds. The van der Waals surface area contributed by atoms with Crippen molar-refractivity contribution < 1.29 is 14.3 Å². The van der Waals surface area contributed by atoms with E-state index in [1.165, 1.54) is 13.2 Å². The minimum Gasteiger partial charge on any atom is -0.482 e. The number of hydrogen-bond donors (Lipinski definition) is 0. The molecule has 3 nitrogen and oxygen atoms in total. The number of esters is 1. The van der Waals surface area contributed by atoms with Gasteiger partial charge in [-0.25, -0.2) is 4.79 Å². The van der Waals surface area contributed by atoms with Crippen molar-refractivity contribution in [3.05, 3.63) is 36.4 Å². The highest BCUT2D eigenvalue weighted by Crippen LogP contribution is 2.12. The molecule has 0 heterocycles. The molecular formula is C11H11O3. The maximum atomic E-state index is 10.7. The van der Waals surface area contributed by atoms with Crippen LogP contribution >= 0.6 is 0 Å². The lowest BCUT2D eigenvalue weighted by Gasteiger charge is -2.04. The topological polar surface area (TPSA) is 35.5 Å². The fourth-order valence-electron chi connectivity index (χ4n) is 0.876. The maximum Gasteiger partial charge on any atom is 0.343 e. The molecule has 73 valence electrons. The summed E-state index contributed by atoms with van der Waals surface area (Å²) < 4.78 is 9.56. The Balaban J connectivity index is 2.51. The van der Waals surface area contributed by atoms with Crippen LogP contribution in [0.1, 0.15) is 5.56 Å². The van der Waals surface area contributed by atoms with Gasteiger partial charge in [-0.15, -0.1) is 0 Å². The number of methoxy groups -OCH3 is 1. The number of hydrogen-bond acceptors (Lipinski definition) is 3. The molecule has 0 aliphatic rings. The summed E-state index contributed by atoms with van der Waals surface area (Å²) in [5.41, 5.74) is 0.899. The Kier molecular flexibility index (Phi) is 3.73. The monoisotopic (exact) mass is 191 g/mol. The lowest BCUT2D eigenvalue weighted by Crippen LogP contribution is -2.12. The summed E-state index contributed by atoms with van der Waals surface area (Å²) in [5, 5.41) is 0. The van der Waals surface area contributed by atoms with Crippen LogP contribution in [0.3, 0.4) is 0 Å². The lowest BCUT2D eigenvalue weighted by molar-refractivity contribution is -0.142. The SMILES string of the molecule is [CH]=Cc1ccc(OCC(=O)OC)cc1. The van der Waals surface area contributed by atoms with E-state index >= 15 is 0 Å². The maximum absolute atomic E-state index is 10.7. The molecule has 1 rings (SSSR count). The number of carbonyl (C=O) groups is 1. The van der Waals surface area contributed by atoms with E-state index in [4.69, 9.17) is 11.3 Å². The van der Waals surface area contributed by atoms with Gasteiger partial charge in [-0.3, -0.25) is 0 Å². The Morgan fingerprint density at radius 1 is 1.43 bits per heavy atom. The zero-order valence-electron chi connectivity index (χ0n) is 7.90. The molecule has 0 bridgehead atoms. The smallest absolute Gasteiger partial charge is 0.343 e. The molecule has 0 N–H and O–H groups in total. The molecule has 0 saturated heterocycles. The van der Waals surface area contributed by atoms with Gasteiger partial charge in [0.1, 0.15) is 5.75 Å². The standard InChI is InChI=1S/C11H11O3/c1-3-9-4-6-10(7-5-9)14-8-11(12)13-2/h1,3-7H,8H2,2H3. The second kappa shape index (κ2) is 5.07. The number of carbonyl (C=O) groups excluding carboxylic acids is 1. The zero-order valence-corrected chi connectivity index (χ0v) is 7.90. The number of ether oxygens (including phenoxy) is 2. The third-order valence-electron chi connectivity index (χ3n) is 1.66. The highest BCUT2D eigenvalue weighted by molar-refractivity contribution is 5.70. The first kappa shape index (κ1) is 10.3. The molecule has 0 spiro atoms. The molecule has 0 aliphatic heterocycles. The van der Waals surface area contributed by atoms with E-state index in [-0.39, 0.29) is 6.61 Å². The Morgan fingerprint density at radius 2 is 2.07 bits per heavy atom. The van der Waals surface area contributed by atoms with Crippen molar-refractivity contribution in [3.63, 3.8) is 0 Å². The van der Waals surface area contributed by atoms with E-state index in [0.29, 0.717) is 5.75 Å². The molecule has 1 radical (unpaired) electrons. The van der Waals surface area contributed by atoms with Gasteiger partial charge in [0.15, 0.2) is 6.61 Å². The highest BCUT2D eigenvalue weighted by Gasteiger charge is 2.00. The second-order valence-electron chi connectivity index (χ2n) is 2.60. The minimum atomic E-state index is -0.403. The number of benzene rings is 1. The van der Waals surface area contributed by atoms with Gasteiger partial charge in [-0.05, 0) is 17.7 Å². The van der Waals surface area contributed by atoms with E-state index in [0.717, 1.165) is 5.56 Å². The van der Waals surface area contributed by atoms with E-state index in [2.05, 4.69) is 4.74 Å². The molecule has 0 aromatic heterocycles. The third-order valence-corrected chi connectivity index (χ3v) is 1.66. The van der Waals surface area contributed by atoms with Crippen molar-refractivity contribution in [1.29, 1.82) is 0 Å². The third kappa shape index (κ3) is 2.94. The quantitative estimate of drug-likeness (QED) is 0.679. The first-order valence-electron chi connectivity index (χ1n) is 4.11. The van der Waals surface area contributed by atoms with Crippen molar-refractivity contribution in [1.82, 2.24) is 0 Å². The van der Waals surface area contributed by atoms with Crippen LogP contribution in [0.4, 0.5) is 0 Å². The Bertz CT molecular complexity index is 314. The molecule has 0 unspecified atom stereocenters. The van der Waals surface area contributed by atoms with Crippen molar-refractivity contribution in [2.45, 2.75) is 0 Å². The summed E-state index contributed by atoms with van der Waals surface area (Å²) >= 11 is 0. The van der Waals surface area contributed by atoms with Gasteiger partial charge >= 0.3 is 5.97 Å². The number of rotatable bonds is 4. The summed E-state index contributed by atoms with van der Waals surface area (Å²) in [5.74, 6) is 0.209. The van der Waals surface area contributed by atoms with Crippen molar-refractivity contribution >= 4 is 12.0 Å². The normalized spacial score (nSPS) is 9.21. The van der Waals surface area contributed by atoms with Crippen molar-refractivity contribution in [3.8, 4) is 5.75 Å². The van der Waals surface area contributed by atoms with Crippen LogP contribution in [0, 0.1) is 6.58 Å². The average Bonchev–Trinajstić information content (AvgIpc) is 2.26. The van der Waals surface area contributed by atoms with Crippen LogP contribution in [0.25, 0.3) is 6.08 Å². The van der Waals surface area contributed by atoms with Crippen molar-refractivity contribution in [2.24, 2.45) is 0 Å². The fraction of sp³-hybridized carbons (Fsp3) is 0.182. The molecule has 0 atom stereocenters. The van der Waals surface area contributed by atoms with E-state index in [1.54, 1.807) is 24.3 Å². The molecule has 3 heteroatoms. The van der Waals surface area contributed by atoms with Gasteiger partial charge in [0, 0.05) is 0 Å². The van der Waals surface area contributed by atoms with E-state index in [9.17, 15) is 4.79 Å². The van der Waals surface area contributed by atoms with E-state index in [1.807, 2.05) is 0 Å². The molecule has 0 saturated carbocycles. The Morgan fingerprint density at radius 3 is 2.57 bits per heavy atom. The molecule has 0 fully saturated rings. The zero-order chi connectivity index (χ0) is 10.4. The van der Waals surface area contributed by atoms with Crippen molar-refractivity contribution in [2.75, 3.05) is 13.7 Å². The molecule has 14 heavy (non-hydrogen) atoms. The van der Waals surface area contributed by atoms with Crippen LogP contribution in [-0.4, -0.2) is 19.7 Å². The van der Waals surface area contributed by atoms with Crippen LogP contribution in [-0.2, 0) is 9.53 Å². The van der Waals surface area contributed by atoms with Gasteiger partial charge in [0.25, 0.3) is 0 Å². The van der Waals surface area contributed by atoms with Gasteiger partial charge in [-0.1, -0.05) is 24.8 Å². The Hall–Kier alpha value is -1.77. The van der Waals surface area contributed by atoms with Gasteiger partial charge in [-0.2, -0.15) is 0 Å². The molecular weight excluding hydrogens is 180 g/mol. The van der Waals surface area contributed by atoms with Gasteiger partial charge in [0.05, 0.1) is 7.11 Å². The van der Waals surface area contributed by atoms with Crippen LogP contribution in [0.5, 0.6) is 5.75 Å². The molecule has 1 aromatic rings.